The van der Waals surface area contributed by atoms with Crippen LogP contribution in [0.3, 0.4) is 0 Å². The average molecular weight is 245 g/mol. The molecule has 6 nitrogen and oxygen atoms in total. The molecule has 0 aliphatic rings. The Bertz CT molecular complexity index is 555. The molecule has 94 valence electrons. The Morgan fingerprint density at radius 3 is 2.56 bits per heavy atom. The fraction of sp³-hybridized carbons (Fsp3) is 0.333. The second kappa shape index (κ2) is 4.95. The maximum Gasteiger partial charge on any atom is 0.232 e. The number of tetrazole rings is 1. The van der Waals surface area contributed by atoms with Gasteiger partial charge in [0.25, 0.3) is 0 Å². The number of hydrogen-bond donors (Lipinski definition) is 1. The summed E-state index contributed by atoms with van der Waals surface area (Å²) in [6, 6.07) is 5.89. The van der Waals surface area contributed by atoms with Crippen molar-refractivity contribution in [3.05, 3.63) is 35.2 Å². The minimum absolute atomic E-state index is 0.120. The molecule has 1 amide bonds. The summed E-state index contributed by atoms with van der Waals surface area (Å²) in [5, 5.41) is 13.9. The molecule has 1 aromatic heterocycles. The predicted molar refractivity (Wildman–Crippen MR) is 67.0 cm³/mol. The molecule has 0 aliphatic heterocycles. The van der Waals surface area contributed by atoms with Crippen molar-refractivity contribution in [2.45, 2.75) is 20.3 Å². The first-order valence-electron chi connectivity index (χ1n) is 5.65. The zero-order valence-corrected chi connectivity index (χ0v) is 10.6. The van der Waals surface area contributed by atoms with Crippen molar-refractivity contribution in [2.75, 3.05) is 5.32 Å². The molecule has 2 aromatic rings. The molecule has 0 atom stereocenters. The van der Waals surface area contributed by atoms with Crippen LogP contribution in [-0.4, -0.2) is 26.1 Å². The fourth-order valence-electron chi connectivity index (χ4n) is 1.74. The van der Waals surface area contributed by atoms with E-state index >= 15 is 0 Å². The highest BCUT2D eigenvalue weighted by Gasteiger charge is 2.11. The number of anilines is 1. The summed E-state index contributed by atoms with van der Waals surface area (Å²) in [6.45, 7) is 3.93. The molecular weight excluding hydrogens is 230 g/mol. The quantitative estimate of drug-likeness (QED) is 0.875. The van der Waals surface area contributed by atoms with Gasteiger partial charge >= 0.3 is 0 Å². The summed E-state index contributed by atoms with van der Waals surface area (Å²) in [7, 11) is 1.71. The van der Waals surface area contributed by atoms with Gasteiger partial charge in [0.05, 0.1) is 6.42 Å². The maximum absolute atomic E-state index is 11.9. The first-order valence-corrected chi connectivity index (χ1v) is 5.65. The molecule has 2 rings (SSSR count). The highest BCUT2D eigenvalue weighted by molar-refractivity contribution is 5.93. The van der Waals surface area contributed by atoms with Crippen LogP contribution in [0.5, 0.6) is 0 Å². The molecule has 0 fully saturated rings. The molecule has 0 spiro atoms. The Morgan fingerprint density at radius 2 is 2.00 bits per heavy atom. The van der Waals surface area contributed by atoms with E-state index < -0.39 is 0 Å². The summed E-state index contributed by atoms with van der Waals surface area (Å²) >= 11 is 0. The minimum Gasteiger partial charge on any atom is -0.325 e. The highest BCUT2D eigenvalue weighted by atomic mass is 16.1. The van der Waals surface area contributed by atoms with E-state index in [2.05, 4.69) is 20.8 Å². The number of nitrogens with zero attached hydrogens (tertiary/aromatic N) is 4. The molecular formula is C12H15N5O. The van der Waals surface area contributed by atoms with Crippen molar-refractivity contribution < 1.29 is 4.79 Å². The van der Waals surface area contributed by atoms with Crippen LogP contribution in [0.2, 0.25) is 0 Å². The van der Waals surface area contributed by atoms with E-state index in [-0.39, 0.29) is 12.3 Å². The second-order valence-electron chi connectivity index (χ2n) is 4.21. The third-order valence-corrected chi connectivity index (χ3v) is 2.77. The molecule has 0 bridgehead atoms. The lowest BCUT2D eigenvalue weighted by atomic mass is 10.1. The number of rotatable bonds is 3. The van der Waals surface area contributed by atoms with E-state index in [1.54, 1.807) is 7.05 Å². The summed E-state index contributed by atoms with van der Waals surface area (Å²) in [5.74, 6) is 0.420. The number of nitrogens with one attached hydrogen (secondary N) is 1. The number of carbonyl (C=O) groups excluding carboxylic acids is 1. The predicted octanol–water partition coefficient (Wildman–Crippen LogP) is 1.01. The molecule has 0 saturated heterocycles. The van der Waals surface area contributed by atoms with Gasteiger partial charge in [-0.1, -0.05) is 18.2 Å². The largest absolute Gasteiger partial charge is 0.325 e. The zero-order valence-electron chi connectivity index (χ0n) is 10.6. The van der Waals surface area contributed by atoms with E-state index in [4.69, 9.17) is 0 Å². The Labute approximate surface area is 105 Å². The molecule has 18 heavy (non-hydrogen) atoms. The van der Waals surface area contributed by atoms with Gasteiger partial charge in [-0.25, -0.2) is 4.68 Å². The molecule has 6 heteroatoms. The number of benzene rings is 1. The number of carbonyl (C=O) groups is 1. The molecule has 0 unspecified atom stereocenters. The number of aryl methyl sites for hydroxylation is 3. The Morgan fingerprint density at radius 1 is 1.33 bits per heavy atom. The van der Waals surface area contributed by atoms with Gasteiger partial charge in [-0.15, -0.1) is 5.10 Å². The summed E-state index contributed by atoms with van der Waals surface area (Å²) in [6.07, 6.45) is 0.164. The van der Waals surface area contributed by atoms with Crippen LogP contribution < -0.4 is 5.32 Å². The normalized spacial score (nSPS) is 10.4. The van der Waals surface area contributed by atoms with Crippen molar-refractivity contribution in [1.29, 1.82) is 0 Å². The van der Waals surface area contributed by atoms with E-state index in [1.807, 2.05) is 32.0 Å². The second-order valence-corrected chi connectivity index (χ2v) is 4.21. The van der Waals surface area contributed by atoms with Crippen LogP contribution in [0, 0.1) is 13.8 Å². The van der Waals surface area contributed by atoms with Crippen molar-refractivity contribution in [2.24, 2.45) is 7.05 Å². The zero-order chi connectivity index (χ0) is 13.1. The molecule has 0 radical (unpaired) electrons. The van der Waals surface area contributed by atoms with Gasteiger partial charge in [0.2, 0.25) is 5.91 Å². The van der Waals surface area contributed by atoms with Crippen molar-refractivity contribution in [3.63, 3.8) is 0 Å². The summed E-state index contributed by atoms with van der Waals surface area (Å²) in [5.41, 5.74) is 2.94. The van der Waals surface area contributed by atoms with Crippen molar-refractivity contribution >= 4 is 11.6 Å². The van der Waals surface area contributed by atoms with E-state index in [0.717, 1.165) is 16.8 Å². The van der Waals surface area contributed by atoms with Crippen LogP contribution in [0.1, 0.15) is 17.0 Å². The van der Waals surface area contributed by atoms with Crippen LogP contribution in [0.15, 0.2) is 18.2 Å². The first-order chi connectivity index (χ1) is 8.58. The highest BCUT2D eigenvalue weighted by Crippen LogP contribution is 2.19. The van der Waals surface area contributed by atoms with Crippen LogP contribution in [-0.2, 0) is 18.3 Å². The molecule has 1 N–H and O–H groups in total. The number of aromatic nitrogens is 4. The lowest BCUT2D eigenvalue weighted by Gasteiger charge is -2.10. The van der Waals surface area contributed by atoms with Crippen LogP contribution in [0.4, 0.5) is 5.69 Å². The van der Waals surface area contributed by atoms with Gasteiger partial charge in [0, 0.05) is 12.7 Å². The average Bonchev–Trinajstić information content (AvgIpc) is 2.70. The Kier molecular flexibility index (Phi) is 3.36. The number of hydrogen-bond acceptors (Lipinski definition) is 4. The molecule has 1 aromatic carbocycles. The SMILES string of the molecule is Cc1cccc(C)c1NC(=O)Cc1nnnn1C. The Balaban J connectivity index is 2.10. The molecule has 0 aliphatic carbocycles. The van der Waals surface area contributed by atoms with Gasteiger partial charge in [-0.3, -0.25) is 4.79 Å². The lowest BCUT2D eigenvalue weighted by molar-refractivity contribution is -0.115. The fourth-order valence-corrected chi connectivity index (χ4v) is 1.74. The van der Waals surface area contributed by atoms with Crippen LogP contribution in [0.25, 0.3) is 0 Å². The van der Waals surface area contributed by atoms with E-state index in [9.17, 15) is 4.79 Å². The smallest absolute Gasteiger partial charge is 0.232 e. The van der Waals surface area contributed by atoms with Gasteiger partial charge in [-0.2, -0.15) is 0 Å². The van der Waals surface area contributed by atoms with Gasteiger partial charge < -0.3 is 5.32 Å². The molecule has 0 saturated carbocycles. The van der Waals surface area contributed by atoms with E-state index in [1.165, 1.54) is 4.68 Å². The standard InChI is InChI=1S/C12H15N5O/c1-8-5-4-6-9(2)12(8)13-11(18)7-10-14-15-16-17(10)3/h4-6H,7H2,1-3H3,(H,13,18). The maximum atomic E-state index is 11.9. The molecule has 1 heterocycles. The van der Waals surface area contributed by atoms with Gasteiger partial charge in [-0.05, 0) is 35.4 Å². The summed E-state index contributed by atoms with van der Waals surface area (Å²) in [4.78, 5) is 11.9. The Hall–Kier alpha value is -2.24. The number of amides is 1. The first kappa shape index (κ1) is 12.2. The van der Waals surface area contributed by atoms with Gasteiger partial charge in [0.1, 0.15) is 0 Å². The lowest BCUT2D eigenvalue weighted by Crippen LogP contribution is -2.18. The number of para-hydroxylation sites is 1. The third kappa shape index (κ3) is 2.53. The van der Waals surface area contributed by atoms with Crippen LogP contribution >= 0.6 is 0 Å². The third-order valence-electron chi connectivity index (χ3n) is 2.77. The van der Waals surface area contributed by atoms with Crippen molar-refractivity contribution in [1.82, 2.24) is 20.2 Å². The minimum atomic E-state index is -0.120. The summed E-state index contributed by atoms with van der Waals surface area (Å²) < 4.78 is 1.49. The van der Waals surface area contributed by atoms with Crippen molar-refractivity contribution in [3.8, 4) is 0 Å². The van der Waals surface area contributed by atoms with Gasteiger partial charge in [0.15, 0.2) is 5.82 Å². The monoisotopic (exact) mass is 245 g/mol. The topological polar surface area (TPSA) is 72.7 Å². The van der Waals surface area contributed by atoms with E-state index in [0.29, 0.717) is 5.82 Å².